The zero-order valence-corrected chi connectivity index (χ0v) is 12.8. The van der Waals surface area contributed by atoms with Gasteiger partial charge in [-0.1, -0.05) is 23.2 Å². The summed E-state index contributed by atoms with van der Waals surface area (Å²) < 4.78 is 1.95. The molecule has 0 spiro atoms. The van der Waals surface area contributed by atoms with Crippen LogP contribution in [0.5, 0.6) is 0 Å². The van der Waals surface area contributed by atoms with Gasteiger partial charge in [0.2, 0.25) is 5.91 Å². The molecule has 1 fully saturated rings. The molecule has 1 aromatic heterocycles. The van der Waals surface area contributed by atoms with E-state index in [2.05, 4.69) is 0 Å². The summed E-state index contributed by atoms with van der Waals surface area (Å²) in [6, 6.07) is 5.28. The van der Waals surface area contributed by atoms with Gasteiger partial charge in [-0.15, -0.1) is 0 Å². The van der Waals surface area contributed by atoms with Crippen molar-refractivity contribution in [1.82, 2.24) is 9.47 Å². The van der Waals surface area contributed by atoms with Gasteiger partial charge in [0.15, 0.2) is 0 Å². The first kappa shape index (κ1) is 13.8. The van der Waals surface area contributed by atoms with Crippen LogP contribution in [0.4, 0.5) is 0 Å². The predicted molar refractivity (Wildman–Crippen MR) is 82.5 cm³/mol. The SMILES string of the molecule is CC(C(=O)N1CCCC1)n1ccc2c(Cl)cc(Cl)cc21. The van der Waals surface area contributed by atoms with Crippen molar-refractivity contribution in [3.05, 3.63) is 34.4 Å². The Kier molecular flexibility index (Phi) is 3.65. The summed E-state index contributed by atoms with van der Waals surface area (Å²) in [5, 5.41) is 2.13. The molecule has 106 valence electrons. The first-order chi connectivity index (χ1) is 9.58. The lowest BCUT2D eigenvalue weighted by molar-refractivity contribution is -0.133. The van der Waals surface area contributed by atoms with E-state index in [1.807, 2.05) is 34.7 Å². The lowest BCUT2D eigenvalue weighted by Gasteiger charge is -2.22. The molecule has 20 heavy (non-hydrogen) atoms. The second-order valence-corrected chi connectivity index (χ2v) is 6.10. The van der Waals surface area contributed by atoms with Gasteiger partial charge in [0, 0.05) is 29.7 Å². The van der Waals surface area contributed by atoms with Gasteiger partial charge in [0.05, 0.1) is 10.5 Å². The standard InChI is InChI=1S/C15H16Cl2N2O/c1-10(15(20)18-5-2-3-6-18)19-7-4-12-13(17)8-11(16)9-14(12)19/h4,7-10H,2-3,5-6H2,1H3. The van der Waals surface area contributed by atoms with Crippen LogP contribution in [0.3, 0.4) is 0 Å². The van der Waals surface area contributed by atoms with E-state index in [-0.39, 0.29) is 11.9 Å². The van der Waals surface area contributed by atoms with Crippen molar-refractivity contribution in [1.29, 1.82) is 0 Å². The molecule has 1 aliphatic heterocycles. The quantitative estimate of drug-likeness (QED) is 0.818. The molecule has 0 bridgehead atoms. The number of hydrogen-bond acceptors (Lipinski definition) is 1. The molecule has 1 atom stereocenters. The average Bonchev–Trinajstić information content (AvgIpc) is 3.05. The van der Waals surface area contributed by atoms with E-state index in [0.29, 0.717) is 10.0 Å². The Balaban J connectivity index is 1.99. The minimum absolute atomic E-state index is 0.163. The number of amides is 1. The largest absolute Gasteiger partial charge is 0.341 e. The maximum absolute atomic E-state index is 12.5. The fourth-order valence-electron chi connectivity index (χ4n) is 2.84. The Morgan fingerprint density at radius 1 is 1.25 bits per heavy atom. The third-order valence-corrected chi connectivity index (χ3v) is 4.48. The highest BCUT2D eigenvalue weighted by atomic mass is 35.5. The van der Waals surface area contributed by atoms with Gasteiger partial charge >= 0.3 is 0 Å². The third-order valence-electron chi connectivity index (χ3n) is 3.94. The number of carbonyl (C=O) groups is 1. The summed E-state index contributed by atoms with van der Waals surface area (Å²) in [4.78, 5) is 14.4. The Hall–Kier alpha value is -1.19. The molecule has 3 rings (SSSR count). The maximum atomic E-state index is 12.5. The molecular weight excluding hydrogens is 295 g/mol. The van der Waals surface area contributed by atoms with Crippen LogP contribution in [-0.2, 0) is 4.79 Å². The van der Waals surface area contributed by atoms with Crippen LogP contribution in [0.1, 0.15) is 25.8 Å². The van der Waals surface area contributed by atoms with Gasteiger partial charge in [-0.05, 0) is 38.0 Å². The van der Waals surface area contributed by atoms with Gasteiger partial charge in [-0.2, -0.15) is 0 Å². The van der Waals surface area contributed by atoms with E-state index in [1.165, 1.54) is 0 Å². The minimum Gasteiger partial charge on any atom is -0.341 e. The lowest BCUT2D eigenvalue weighted by Crippen LogP contribution is -2.33. The second kappa shape index (κ2) is 5.30. The van der Waals surface area contributed by atoms with Crippen molar-refractivity contribution in [3.8, 4) is 0 Å². The molecule has 0 aliphatic carbocycles. The molecule has 2 aromatic rings. The highest BCUT2D eigenvalue weighted by Gasteiger charge is 2.25. The third kappa shape index (κ3) is 2.29. The van der Waals surface area contributed by atoms with E-state index in [4.69, 9.17) is 23.2 Å². The zero-order valence-electron chi connectivity index (χ0n) is 11.3. The van der Waals surface area contributed by atoms with Crippen LogP contribution >= 0.6 is 23.2 Å². The van der Waals surface area contributed by atoms with E-state index >= 15 is 0 Å². The maximum Gasteiger partial charge on any atom is 0.245 e. The van der Waals surface area contributed by atoms with E-state index in [9.17, 15) is 4.79 Å². The van der Waals surface area contributed by atoms with E-state index in [1.54, 1.807) is 6.07 Å². The molecule has 1 aliphatic rings. The van der Waals surface area contributed by atoms with Gasteiger partial charge in [-0.3, -0.25) is 4.79 Å². The number of carbonyl (C=O) groups excluding carboxylic acids is 1. The van der Waals surface area contributed by atoms with Crippen LogP contribution < -0.4 is 0 Å². The van der Waals surface area contributed by atoms with Gasteiger partial charge in [0.25, 0.3) is 0 Å². The monoisotopic (exact) mass is 310 g/mol. The fraction of sp³-hybridized carbons (Fsp3) is 0.400. The Morgan fingerprint density at radius 2 is 1.95 bits per heavy atom. The van der Waals surface area contributed by atoms with Gasteiger partial charge in [-0.25, -0.2) is 0 Å². The molecule has 1 aromatic carbocycles. The highest BCUT2D eigenvalue weighted by Crippen LogP contribution is 2.31. The van der Waals surface area contributed by atoms with Crippen LogP contribution in [0.2, 0.25) is 10.0 Å². The molecule has 3 nitrogen and oxygen atoms in total. The second-order valence-electron chi connectivity index (χ2n) is 5.25. The molecule has 0 saturated carbocycles. The summed E-state index contributed by atoms with van der Waals surface area (Å²) >= 11 is 12.3. The van der Waals surface area contributed by atoms with Crippen molar-refractivity contribution in [3.63, 3.8) is 0 Å². The first-order valence-corrected chi connectivity index (χ1v) is 7.58. The Bertz CT molecular complexity index is 659. The summed E-state index contributed by atoms with van der Waals surface area (Å²) in [6.07, 6.45) is 4.11. The van der Waals surface area contributed by atoms with E-state index < -0.39 is 0 Å². The topological polar surface area (TPSA) is 25.2 Å². The summed E-state index contributed by atoms with van der Waals surface area (Å²) in [7, 11) is 0. The Labute approximate surface area is 128 Å². The molecule has 0 N–H and O–H groups in total. The van der Waals surface area contributed by atoms with Crippen molar-refractivity contribution >= 4 is 40.0 Å². The summed E-state index contributed by atoms with van der Waals surface area (Å²) in [5.41, 5.74) is 0.905. The van der Waals surface area contributed by atoms with Crippen LogP contribution in [0.15, 0.2) is 24.4 Å². The summed E-state index contributed by atoms with van der Waals surface area (Å²) in [5.74, 6) is 0.163. The summed E-state index contributed by atoms with van der Waals surface area (Å²) in [6.45, 7) is 3.66. The average molecular weight is 311 g/mol. The van der Waals surface area contributed by atoms with Crippen molar-refractivity contribution < 1.29 is 4.79 Å². The van der Waals surface area contributed by atoms with Crippen molar-refractivity contribution in [2.75, 3.05) is 13.1 Å². The zero-order chi connectivity index (χ0) is 14.3. The number of rotatable bonds is 2. The van der Waals surface area contributed by atoms with Crippen molar-refractivity contribution in [2.45, 2.75) is 25.8 Å². The normalized spacial score (nSPS) is 16.9. The predicted octanol–water partition coefficient (Wildman–Crippen LogP) is 4.13. The number of nitrogens with zero attached hydrogens (tertiary/aromatic N) is 2. The molecule has 0 radical (unpaired) electrons. The lowest BCUT2D eigenvalue weighted by atomic mass is 10.2. The van der Waals surface area contributed by atoms with Crippen LogP contribution in [-0.4, -0.2) is 28.5 Å². The highest BCUT2D eigenvalue weighted by molar-refractivity contribution is 6.38. The van der Waals surface area contributed by atoms with Crippen molar-refractivity contribution in [2.24, 2.45) is 0 Å². The number of halogens is 2. The van der Waals surface area contributed by atoms with Crippen LogP contribution in [0, 0.1) is 0 Å². The number of benzene rings is 1. The molecule has 2 heterocycles. The van der Waals surface area contributed by atoms with Gasteiger partial charge in [0.1, 0.15) is 6.04 Å². The molecule has 5 heteroatoms. The number of likely N-dealkylation sites (tertiary alicyclic amines) is 1. The van der Waals surface area contributed by atoms with Crippen LogP contribution in [0.25, 0.3) is 10.9 Å². The number of fused-ring (bicyclic) bond motifs is 1. The van der Waals surface area contributed by atoms with E-state index in [0.717, 1.165) is 36.8 Å². The fourth-order valence-corrected chi connectivity index (χ4v) is 3.39. The molecular formula is C15H16Cl2N2O. The minimum atomic E-state index is -0.236. The Morgan fingerprint density at radius 3 is 2.65 bits per heavy atom. The molecule has 1 saturated heterocycles. The first-order valence-electron chi connectivity index (χ1n) is 6.82. The smallest absolute Gasteiger partial charge is 0.245 e. The van der Waals surface area contributed by atoms with Gasteiger partial charge < -0.3 is 9.47 Å². The number of hydrogen-bond donors (Lipinski definition) is 0. The molecule has 1 unspecified atom stereocenters. The number of aromatic nitrogens is 1. The molecule has 1 amide bonds.